The van der Waals surface area contributed by atoms with Crippen LogP contribution in [0.25, 0.3) is 33.1 Å². The lowest BCUT2D eigenvalue weighted by Crippen LogP contribution is -2.13. The number of H-pyrrole nitrogens is 1. The van der Waals surface area contributed by atoms with Crippen molar-refractivity contribution in [2.24, 2.45) is 12.8 Å². The molecule has 0 unspecified atom stereocenters. The van der Waals surface area contributed by atoms with Crippen molar-refractivity contribution in [3.8, 4) is 16.9 Å². The second-order valence-corrected chi connectivity index (χ2v) is 5.59. The molecule has 4 aromatic rings. The average molecular weight is 321 g/mol. The number of carbonyl (C=O) groups excluding carboxylic acids is 1. The van der Waals surface area contributed by atoms with Gasteiger partial charge in [-0.05, 0) is 23.8 Å². The van der Waals surface area contributed by atoms with Gasteiger partial charge < -0.3 is 15.0 Å². The molecule has 3 aromatic heterocycles. The molecule has 7 heteroatoms. The van der Waals surface area contributed by atoms with E-state index >= 15 is 0 Å². The molecule has 0 saturated heterocycles. The molecular formula is C17H15N5O2. The van der Waals surface area contributed by atoms with Gasteiger partial charge in [0.2, 0.25) is 0 Å². The quantitative estimate of drug-likeness (QED) is 0.604. The predicted molar refractivity (Wildman–Crippen MR) is 90.9 cm³/mol. The Morgan fingerprint density at radius 2 is 2.08 bits per heavy atom. The average Bonchev–Trinajstić information content (AvgIpc) is 3.18. The summed E-state index contributed by atoms with van der Waals surface area (Å²) in [6, 6.07) is 7.59. The monoisotopic (exact) mass is 321 g/mol. The van der Waals surface area contributed by atoms with Gasteiger partial charge in [-0.2, -0.15) is 5.10 Å². The van der Waals surface area contributed by atoms with Crippen LogP contribution in [0.15, 0.2) is 36.7 Å². The number of nitrogens with one attached hydrogen (secondary N) is 1. The molecule has 3 heterocycles. The summed E-state index contributed by atoms with van der Waals surface area (Å²) in [5, 5.41) is 8.72. The Kier molecular flexibility index (Phi) is 3.02. The van der Waals surface area contributed by atoms with Crippen molar-refractivity contribution in [1.82, 2.24) is 19.7 Å². The summed E-state index contributed by atoms with van der Waals surface area (Å²) >= 11 is 0. The van der Waals surface area contributed by atoms with Gasteiger partial charge in [0.25, 0.3) is 5.91 Å². The molecule has 7 nitrogen and oxygen atoms in total. The molecular weight excluding hydrogens is 306 g/mol. The maximum atomic E-state index is 11.6. The molecule has 0 bridgehead atoms. The van der Waals surface area contributed by atoms with Gasteiger partial charge in [-0.15, -0.1) is 0 Å². The maximum Gasteiger partial charge on any atom is 0.267 e. The van der Waals surface area contributed by atoms with Crippen LogP contribution < -0.4 is 10.5 Å². The van der Waals surface area contributed by atoms with Crippen molar-refractivity contribution in [2.45, 2.75) is 0 Å². The van der Waals surface area contributed by atoms with Crippen LogP contribution in [0, 0.1) is 0 Å². The van der Waals surface area contributed by atoms with Crippen molar-refractivity contribution < 1.29 is 9.53 Å². The summed E-state index contributed by atoms with van der Waals surface area (Å²) in [6.07, 6.45) is 3.71. The van der Waals surface area contributed by atoms with Gasteiger partial charge >= 0.3 is 0 Å². The second-order valence-electron chi connectivity index (χ2n) is 5.59. The smallest absolute Gasteiger partial charge is 0.267 e. The molecule has 0 fully saturated rings. The maximum absolute atomic E-state index is 11.6. The van der Waals surface area contributed by atoms with Gasteiger partial charge in [0, 0.05) is 35.6 Å². The molecule has 0 aliphatic carbocycles. The minimum Gasteiger partial charge on any atom is -0.497 e. The Hall–Kier alpha value is -3.35. The Morgan fingerprint density at radius 1 is 1.25 bits per heavy atom. The van der Waals surface area contributed by atoms with Crippen molar-refractivity contribution >= 4 is 27.8 Å². The SMILES string of the molecule is COc1ccc2c(-c3cc(C(N)=O)nc4[nH]ncc34)cn(C)c2c1. The number of methoxy groups -OCH3 is 1. The Balaban J connectivity index is 2.06. The van der Waals surface area contributed by atoms with E-state index in [2.05, 4.69) is 15.2 Å². The molecule has 24 heavy (non-hydrogen) atoms. The minimum atomic E-state index is -0.574. The standard InChI is InChI=1S/C17H15N5O2/c1-22-8-13(10-4-3-9(24-2)5-15(10)22)11-6-14(16(18)23)20-17-12(11)7-19-21-17/h3-8H,1-2H3,(H2,18,23)(H,19,20,21). The summed E-state index contributed by atoms with van der Waals surface area (Å²) in [6.45, 7) is 0. The summed E-state index contributed by atoms with van der Waals surface area (Å²) in [7, 11) is 3.61. The fraction of sp³-hybridized carbons (Fsp3) is 0.118. The van der Waals surface area contributed by atoms with Gasteiger partial charge in [0.15, 0.2) is 5.65 Å². The van der Waals surface area contributed by atoms with Gasteiger partial charge in [-0.3, -0.25) is 9.89 Å². The first-order valence-corrected chi connectivity index (χ1v) is 7.36. The number of ether oxygens (including phenoxy) is 1. The highest BCUT2D eigenvalue weighted by Gasteiger charge is 2.16. The van der Waals surface area contributed by atoms with E-state index in [0.717, 1.165) is 33.2 Å². The highest BCUT2D eigenvalue weighted by atomic mass is 16.5. The van der Waals surface area contributed by atoms with E-state index in [1.54, 1.807) is 19.4 Å². The first-order chi connectivity index (χ1) is 11.6. The van der Waals surface area contributed by atoms with Crippen LogP contribution in [0.2, 0.25) is 0 Å². The predicted octanol–water partition coefficient (Wildman–Crippen LogP) is 2.22. The number of nitrogens with two attached hydrogens (primary N) is 1. The molecule has 120 valence electrons. The van der Waals surface area contributed by atoms with E-state index in [-0.39, 0.29) is 5.69 Å². The van der Waals surface area contributed by atoms with Gasteiger partial charge in [-0.25, -0.2) is 4.98 Å². The highest BCUT2D eigenvalue weighted by Crippen LogP contribution is 2.35. The van der Waals surface area contributed by atoms with Crippen molar-refractivity contribution in [3.05, 3.63) is 42.4 Å². The minimum absolute atomic E-state index is 0.201. The van der Waals surface area contributed by atoms with Crippen molar-refractivity contribution in [3.63, 3.8) is 0 Å². The van der Waals surface area contributed by atoms with Crippen LogP contribution in [0.1, 0.15) is 10.5 Å². The lowest BCUT2D eigenvalue weighted by Gasteiger charge is -2.05. The fourth-order valence-electron chi connectivity index (χ4n) is 2.98. The zero-order valence-electron chi connectivity index (χ0n) is 13.2. The number of amides is 1. The van der Waals surface area contributed by atoms with Gasteiger partial charge in [-0.1, -0.05) is 0 Å². The molecule has 0 saturated carbocycles. The Morgan fingerprint density at radius 3 is 2.83 bits per heavy atom. The molecule has 0 aliphatic heterocycles. The molecule has 0 aliphatic rings. The Labute approximate surface area is 137 Å². The van der Waals surface area contributed by atoms with E-state index < -0.39 is 5.91 Å². The van der Waals surface area contributed by atoms with Crippen LogP contribution in [-0.4, -0.2) is 32.8 Å². The lowest BCUT2D eigenvalue weighted by molar-refractivity contribution is 0.0996. The summed E-state index contributed by atoms with van der Waals surface area (Å²) in [4.78, 5) is 15.8. The normalized spacial score (nSPS) is 11.2. The first-order valence-electron chi connectivity index (χ1n) is 7.36. The van der Waals surface area contributed by atoms with E-state index in [9.17, 15) is 4.79 Å². The fourth-order valence-corrected chi connectivity index (χ4v) is 2.98. The van der Waals surface area contributed by atoms with E-state index in [0.29, 0.717) is 5.65 Å². The molecule has 3 N–H and O–H groups in total. The molecule has 4 rings (SSSR count). The lowest BCUT2D eigenvalue weighted by atomic mass is 10.0. The van der Waals surface area contributed by atoms with Gasteiger partial charge in [0.1, 0.15) is 11.4 Å². The van der Waals surface area contributed by atoms with Crippen LogP contribution in [0.4, 0.5) is 0 Å². The first kappa shape index (κ1) is 14.3. The number of nitrogens with zero attached hydrogens (tertiary/aromatic N) is 3. The summed E-state index contributed by atoms with van der Waals surface area (Å²) < 4.78 is 7.32. The van der Waals surface area contributed by atoms with Crippen LogP contribution in [0.3, 0.4) is 0 Å². The number of primary amides is 1. The third-order valence-electron chi connectivity index (χ3n) is 4.16. The Bertz CT molecular complexity index is 1090. The number of rotatable bonds is 3. The van der Waals surface area contributed by atoms with Gasteiger partial charge in [0.05, 0.1) is 18.8 Å². The number of benzene rings is 1. The topological polar surface area (TPSA) is 98.8 Å². The number of aromatic nitrogens is 4. The van der Waals surface area contributed by atoms with E-state index in [4.69, 9.17) is 10.5 Å². The third kappa shape index (κ3) is 2.02. The van der Waals surface area contributed by atoms with E-state index in [1.807, 2.05) is 36.0 Å². The van der Waals surface area contributed by atoms with Crippen molar-refractivity contribution in [2.75, 3.05) is 7.11 Å². The number of carbonyl (C=O) groups is 1. The summed E-state index contributed by atoms with van der Waals surface area (Å²) in [5.41, 5.74) is 9.02. The number of aromatic amines is 1. The molecule has 1 amide bonds. The largest absolute Gasteiger partial charge is 0.497 e. The number of fused-ring (bicyclic) bond motifs is 2. The zero-order valence-corrected chi connectivity index (χ0v) is 13.2. The second kappa shape index (κ2) is 5.09. The van der Waals surface area contributed by atoms with E-state index in [1.165, 1.54) is 0 Å². The van der Waals surface area contributed by atoms with Crippen LogP contribution in [-0.2, 0) is 7.05 Å². The molecule has 0 atom stereocenters. The number of hydrogen-bond donors (Lipinski definition) is 2. The number of aryl methyl sites for hydroxylation is 1. The van der Waals surface area contributed by atoms with Crippen LogP contribution >= 0.6 is 0 Å². The molecule has 0 radical (unpaired) electrons. The molecule has 0 spiro atoms. The number of pyridine rings is 1. The van der Waals surface area contributed by atoms with Crippen LogP contribution in [0.5, 0.6) is 5.75 Å². The van der Waals surface area contributed by atoms with Crippen molar-refractivity contribution in [1.29, 1.82) is 0 Å². The number of hydrogen-bond acceptors (Lipinski definition) is 4. The third-order valence-corrected chi connectivity index (χ3v) is 4.16. The molecule has 1 aromatic carbocycles. The zero-order chi connectivity index (χ0) is 16.8. The summed E-state index contributed by atoms with van der Waals surface area (Å²) in [5.74, 6) is 0.214. The highest BCUT2D eigenvalue weighted by molar-refractivity contribution is 6.06.